The molecule has 5 aliphatic rings. The predicted molar refractivity (Wildman–Crippen MR) is 183 cm³/mol. The van der Waals surface area contributed by atoms with Gasteiger partial charge in [0, 0.05) is 13.8 Å². The number of hydrogen-bond donors (Lipinski definition) is 13. The zero-order valence-corrected chi connectivity index (χ0v) is 32.6. The van der Waals surface area contributed by atoms with Gasteiger partial charge in [-0.1, -0.05) is 0 Å². The highest BCUT2D eigenvalue weighted by molar-refractivity contribution is 5.73. The fraction of sp³-hybridized carbons (Fsp3) is 0.941. The molecule has 0 aromatic rings. The average molecular weight is 864 g/mol. The molecule has 1 amide bonds. The Kier molecular flexibility index (Phi) is 16.4. The lowest BCUT2D eigenvalue weighted by Crippen LogP contribution is -2.70. The molecule has 0 aromatic carbocycles. The van der Waals surface area contributed by atoms with Crippen molar-refractivity contribution < 1.29 is 118 Å². The van der Waals surface area contributed by atoms with E-state index in [0.29, 0.717) is 0 Å². The minimum Gasteiger partial charge on any atom is -0.454 e. The highest BCUT2D eigenvalue weighted by Crippen LogP contribution is 2.36. The van der Waals surface area contributed by atoms with Gasteiger partial charge in [-0.2, -0.15) is 0 Å². The molecule has 0 aliphatic carbocycles. The number of amides is 1. The normalized spacial score (nSPS) is 50.8. The lowest BCUT2D eigenvalue weighted by Gasteiger charge is -2.50. The van der Waals surface area contributed by atoms with Gasteiger partial charge in [-0.15, -0.1) is 0 Å². The number of carbonyl (C=O) groups is 2. The molecule has 0 saturated carbocycles. The highest BCUT2D eigenvalue weighted by Gasteiger charge is 2.57. The molecule has 13 N–H and O–H groups in total. The van der Waals surface area contributed by atoms with Crippen LogP contribution in [0.1, 0.15) is 34.6 Å². The quantitative estimate of drug-likeness (QED) is 0.0810. The van der Waals surface area contributed by atoms with Gasteiger partial charge in [-0.25, -0.2) is 0 Å². The summed E-state index contributed by atoms with van der Waals surface area (Å²) in [7, 11) is 0. The molecule has 0 spiro atoms. The topological polar surface area (TPSA) is 381 Å². The first kappa shape index (κ1) is 48.1. The van der Waals surface area contributed by atoms with Crippen molar-refractivity contribution in [3.05, 3.63) is 0 Å². The fourth-order valence-corrected chi connectivity index (χ4v) is 7.53. The third kappa shape index (κ3) is 10.3. The van der Waals surface area contributed by atoms with Crippen LogP contribution in [0.15, 0.2) is 0 Å². The van der Waals surface area contributed by atoms with Crippen molar-refractivity contribution in [2.45, 2.75) is 188 Å². The highest BCUT2D eigenvalue weighted by atomic mass is 16.8. The Labute approximate surface area is 336 Å². The van der Waals surface area contributed by atoms with Crippen molar-refractivity contribution in [1.82, 2.24) is 5.32 Å². The minimum atomic E-state index is -1.97. The Morgan fingerprint density at radius 1 is 0.475 bits per heavy atom. The number of esters is 1. The Bertz CT molecular complexity index is 1380. The smallest absolute Gasteiger partial charge is 0.303 e. The van der Waals surface area contributed by atoms with E-state index in [4.69, 9.17) is 47.4 Å². The Balaban J connectivity index is 1.46. The van der Waals surface area contributed by atoms with Gasteiger partial charge in [0.15, 0.2) is 37.6 Å². The third-order valence-corrected chi connectivity index (χ3v) is 10.9. The monoisotopic (exact) mass is 863 g/mol. The van der Waals surface area contributed by atoms with E-state index in [9.17, 15) is 70.9 Å². The van der Waals surface area contributed by atoms with Crippen LogP contribution < -0.4 is 5.32 Å². The van der Waals surface area contributed by atoms with Gasteiger partial charge in [-0.05, 0) is 20.8 Å². The van der Waals surface area contributed by atoms with Crippen LogP contribution in [-0.4, -0.2) is 240 Å². The summed E-state index contributed by atoms with van der Waals surface area (Å²) in [5.41, 5.74) is 0. The number of rotatable bonds is 12. The predicted octanol–water partition coefficient (Wildman–Crippen LogP) is -8.13. The average Bonchev–Trinajstić information content (AvgIpc) is 3.18. The van der Waals surface area contributed by atoms with E-state index in [2.05, 4.69) is 5.32 Å². The van der Waals surface area contributed by atoms with E-state index in [1.54, 1.807) is 0 Å². The maximum Gasteiger partial charge on any atom is 0.303 e. The van der Waals surface area contributed by atoms with Gasteiger partial charge >= 0.3 is 5.97 Å². The van der Waals surface area contributed by atoms with Crippen molar-refractivity contribution in [3.63, 3.8) is 0 Å². The summed E-state index contributed by atoms with van der Waals surface area (Å²) >= 11 is 0. The number of aliphatic hydroxyl groups is 12. The molecule has 5 heterocycles. The van der Waals surface area contributed by atoms with E-state index in [1.807, 2.05) is 0 Å². The van der Waals surface area contributed by atoms with Crippen LogP contribution in [0, 0.1) is 0 Å². The summed E-state index contributed by atoms with van der Waals surface area (Å²) in [4.78, 5) is 25.1. The molecular formula is C34H57NO24. The number of nitrogens with one attached hydrogen (secondary N) is 1. The molecule has 0 bridgehead atoms. The number of hydrogen-bond acceptors (Lipinski definition) is 24. The molecule has 0 radical (unpaired) electrons. The van der Waals surface area contributed by atoms with Crippen molar-refractivity contribution in [1.29, 1.82) is 0 Å². The van der Waals surface area contributed by atoms with Crippen molar-refractivity contribution >= 4 is 11.9 Å². The molecule has 25 nitrogen and oxygen atoms in total. The van der Waals surface area contributed by atoms with Crippen LogP contribution in [0.25, 0.3) is 0 Å². The van der Waals surface area contributed by atoms with Crippen LogP contribution in [0.2, 0.25) is 0 Å². The molecule has 5 saturated heterocycles. The SMILES string of the molecule is CC(=O)NC1C(O[C@@H]2OC(C)[C@H](O)C(O[C@@H]3OC(C)[C@H](O)C(O)C3O)C2OC(C)=O)[C@H](O)C(CO)O[C@H]1OC1C(O[C@H]2OC(CO)[C@@H](O)C(O)C2O)[C@@H](O)C(C)O[C@H]1O. The number of carbonyl (C=O) groups excluding carboxylic acids is 2. The van der Waals surface area contributed by atoms with Crippen LogP contribution in [0.5, 0.6) is 0 Å². The Morgan fingerprint density at radius 3 is 1.47 bits per heavy atom. The second kappa shape index (κ2) is 20.1. The van der Waals surface area contributed by atoms with Gasteiger partial charge < -0.3 is 114 Å². The maximum atomic E-state index is 12.7. The summed E-state index contributed by atoms with van der Waals surface area (Å²) in [6.45, 7) is 4.40. The summed E-state index contributed by atoms with van der Waals surface area (Å²) in [6, 6.07) is -1.65. The lowest BCUT2D eigenvalue weighted by molar-refractivity contribution is -0.388. The number of ether oxygens (including phenoxy) is 10. The molecular weight excluding hydrogens is 806 g/mol. The van der Waals surface area contributed by atoms with Crippen LogP contribution in [-0.2, 0) is 57.0 Å². The zero-order valence-electron chi connectivity index (χ0n) is 32.6. The Hall–Kier alpha value is -1.90. The van der Waals surface area contributed by atoms with Crippen molar-refractivity contribution in [3.8, 4) is 0 Å². The lowest BCUT2D eigenvalue weighted by atomic mass is 9.94. The third-order valence-electron chi connectivity index (χ3n) is 10.9. The van der Waals surface area contributed by atoms with Crippen molar-refractivity contribution in [2.75, 3.05) is 13.2 Å². The molecule has 25 heteroatoms. The number of aliphatic hydroxyl groups excluding tert-OH is 12. The van der Waals surface area contributed by atoms with Crippen LogP contribution >= 0.6 is 0 Å². The second-order valence-electron chi connectivity index (χ2n) is 15.2. The molecule has 5 rings (SSSR count). The molecule has 5 aliphatic heterocycles. The van der Waals surface area contributed by atoms with Crippen LogP contribution in [0.3, 0.4) is 0 Å². The summed E-state index contributed by atoms with van der Waals surface area (Å²) < 4.78 is 57.5. The first-order valence-electron chi connectivity index (χ1n) is 19.1. The van der Waals surface area contributed by atoms with Gasteiger partial charge in [0.2, 0.25) is 5.91 Å². The molecule has 15 unspecified atom stereocenters. The largest absolute Gasteiger partial charge is 0.454 e. The molecule has 59 heavy (non-hydrogen) atoms. The first-order chi connectivity index (χ1) is 27.7. The molecule has 0 aromatic heterocycles. The molecule has 25 atom stereocenters. The van der Waals surface area contributed by atoms with E-state index in [1.165, 1.54) is 20.8 Å². The van der Waals surface area contributed by atoms with Gasteiger partial charge in [0.05, 0.1) is 31.5 Å². The van der Waals surface area contributed by atoms with E-state index < -0.39 is 179 Å². The fourth-order valence-electron chi connectivity index (χ4n) is 7.53. The van der Waals surface area contributed by atoms with E-state index in [-0.39, 0.29) is 0 Å². The minimum absolute atomic E-state index is 0.775. The van der Waals surface area contributed by atoms with Crippen molar-refractivity contribution in [2.24, 2.45) is 0 Å². The standard InChI is InChI=1S/C34H57NO24/c1-8-16(40)21(45)23(47)32(51-8)58-27-18(42)10(3)52-34(29(27)53-12(5)39)56-25-15(35-11(4)38)31(54-14(7-37)20(25)44)59-28-26(17(41)9(2)50-30(28)49)57-33-24(48)22(46)19(43)13(6-36)55-33/h8-10,13-34,36-37,40-49H,6-7H2,1-5H3,(H,35,38)/t8?,9?,10?,13?,14?,15?,16-,17-,18-,19+,20+,21?,22?,23?,24?,25?,26?,27?,28?,29?,30+,31-,32-,33+,34-/m0/s1. The second-order valence-corrected chi connectivity index (χ2v) is 15.2. The van der Waals surface area contributed by atoms with E-state index >= 15 is 0 Å². The van der Waals surface area contributed by atoms with Crippen LogP contribution in [0.4, 0.5) is 0 Å². The van der Waals surface area contributed by atoms with E-state index in [0.717, 1.165) is 13.8 Å². The Morgan fingerprint density at radius 2 is 0.915 bits per heavy atom. The summed E-state index contributed by atoms with van der Waals surface area (Å²) in [5.74, 6) is -1.73. The first-order valence-corrected chi connectivity index (χ1v) is 19.1. The van der Waals surface area contributed by atoms with Gasteiger partial charge in [0.25, 0.3) is 0 Å². The maximum absolute atomic E-state index is 12.7. The zero-order chi connectivity index (χ0) is 43.8. The molecule has 5 fully saturated rings. The van der Waals surface area contributed by atoms with Gasteiger partial charge in [-0.3, -0.25) is 9.59 Å². The molecule has 342 valence electrons. The summed E-state index contributed by atoms with van der Waals surface area (Å²) in [5, 5.41) is 130. The summed E-state index contributed by atoms with van der Waals surface area (Å²) in [6.07, 6.45) is -40.3. The van der Waals surface area contributed by atoms with Gasteiger partial charge in [0.1, 0.15) is 97.6 Å².